The van der Waals surface area contributed by atoms with Crippen LogP contribution in [0.1, 0.15) is 29.3 Å². The predicted molar refractivity (Wildman–Crippen MR) is 63.3 cm³/mol. The minimum absolute atomic E-state index is 0.159. The van der Waals surface area contributed by atoms with Gasteiger partial charge in [0.2, 0.25) is 0 Å². The van der Waals surface area contributed by atoms with E-state index in [2.05, 4.69) is 22.6 Å². The molecule has 0 aromatic heterocycles. The van der Waals surface area contributed by atoms with Crippen LogP contribution in [0.25, 0.3) is 0 Å². The Hall–Kier alpha value is -0.0900. The molecule has 3 heteroatoms. The molecule has 0 atom stereocenters. The van der Waals surface area contributed by atoms with E-state index in [1.807, 2.05) is 25.1 Å². The zero-order valence-corrected chi connectivity index (χ0v) is 10.2. The number of carbonyl (C=O) groups excluding carboxylic acids is 1. The molecule has 0 aliphatic rings. The van der Waals surface area contributed by atoms with Gasteiger partial charge in [-0.05, 0) is 40.3 Å². The average molecular weight is 309 g/mol. The molecule has 1 rings (SSSR count). The first-order chi connectivity index (χ1) is 6.19. The van der Waals surface area contributed by atoms with Gasteiger partial charge in [0.25, 0.3) is 0 Å². The van der Waals surface area contributed by atoms with Crippen LogP contribution in [0.4, 0.5) is 0 Å². The lowest BCUT2D eigenvalue weighted by Gasteiger charge is -2.04. The van der Waals surface area contributed by atoms with Gasteiger partial charge in [0.05, 0.1) is 0 Å². The van der Waals surface area contributed by atoms with Crippen LogP contribution in [0, 0.1) is 3.57 Å². The van der Waals surface area contributed by atoms with Crippen molar-refractivity contribution in [2.45, 2.75) is 19.2 Å². The number of halogens is 2. The molecule has 0 bridgehead atoms. The van der Waals surface area contributed by atoms with Crippen molar-refractivity contribution in [2.75, 3.05) is 0 Å². The van der Waals surface area contributed by atoms with Crippen LogP contribution in [0.2, 0.25) is 0 Å². The Morgan fingerprint density at radius 3 is 2.77 bits per heavy atom. The molecule has 0 fully saturated rings. The standard InChI is InChI=1S/C10H10ClIO/c1-2-10(13)9-4-3-8(12)5-7(9)6-11/h3-5H,2,6H2,1H3. The fraction of sp³-hybridized carbons (Fsp3) is 0.300. The first-order valence-corrected chi connectivity index (χ1v) is 5.68. The summed E-state index contributed by atoms with van der Waals surface area (Å²) in [5, 5.41) is 0. The third-order valence-electron chi connectivity index (χ3n) is 1.83. The highest BCUT2D eigenvalue weighted by molar-refractivity contribution is 14.1. The van der Waals surface area contributed by atoms with Crippen LogP contribution in [0.15, 0.2) is 18.2 Å². The molecule has 13 heavy (non-hydrogen) atoms. The lowest BCUT2D eigenvalue weighted by Crippen LogP contribution is -2.01. The van der Waals surface area contributed by atoms with E-state index in [4.69, 9.17) is 11.6 Å². The molecule has 0 radical (unpaired) electrons. The van der Waals surface area contributed by atoms with Gasteiger partial charge in [-0.25, -0.2) is 0 Å². The molecule has 0 heterocycles. The smallest absolute Gasteiger partial charge is 0.162 e. The molecule has 1 aromatic carbocycles. The summed E-state index contributed by atoms with van der Waals surface area (Å²) in [7, 11) is 0. The number of hydrogen-bond donors (Lipinski definition) is 0. The maximum Gasteiger partial charge on any atom is 0.162 e. The fourth-order valence-electron chi connectivity index (χ4n) is 1.14. The van der Waals surface area contributed by atoms with E-state index in [1.165, 1.54) is 0 Å². The molecule has 0 unspecified atom stereocenters. The van der Waals surface area contributed by atoms with Gasteiger partial charge in [-0.1, -0.05) is 13.0 Å². The Balaban J connectivity index is 3.13. The van der Waals surface area contributed by atoms with E-state index in [0.717, 1.165) is 14.7 Å². The van der Waals surface area contributed by atoms with Crippen LogP contribution in [0.5, 0.6) is 0 Å². The monoisotopic (exact) mass is 308 g/mol. The first-order valence-electron chi connectivity index (χ1n) is 4.06. The van der Waals surface area contributed by atoms with Crippen molar-refractivity contribution in [1.82, 2.24) is 0 Å². The second kappa shape index (κ2) is 4.96. The molecule has 0 amide bonds. The number of alkyl halides is 1. The summed E-state index contributed by atoms with van der Waals surface area (Å²) in [4.78, 5) is 11.4. The Morgan fingerprint density at radius 1 is 1.54 bits per heavy atom. The van der Waals surface area contributed by atoms with Crippen LogP contribution in [0.3, 0.4) is 0 Å². The minimum Gasteiger partial charge on any atom is -0.294 e. The summed E-state index contributed by atoms with van der Waals surface area (Å²) in [5.74, 6) is 0.560. The van der Waals surface area contributed by atoms with E-state index < -0.39 is 0 Å². The molecule has 0 saturated heterocycles. The predicted octanol–water partition coefficient (Wildman–Crippen LogP) is 3.62. The van der Waals surface area contributed by atoms with Crippen molar-refractivity contribution in [3.8, 4) is 0 Å². The fourth-order valence-corrected chi connectivity index (χ4v) is 1.91. The summed E-state index contributed by atoms with van der Waals surface area (Å²) in [5.41, 5.74) is 1.69. The maximum absolute atomic E-state index is 11.4. The highest BCUT2D eigenvalue weighted by atomic mass is 127. The molecular weight excluding hydrogens is 298 g/mol. The van der Waals surface area contributed by atoms with Gasteiger partial charge in [-0.3, -0.25) is 4.79 Å². The Labute approximate surface area is 96.6 Å². The van der Waals surface area contributed by atoms with Crippen molar-refractivity contribution >= 4 is 40.0 Å². The lowest BCUT2D eigenvalue weighted by atomic mass is 10.0. The summed E-state index contributed by atoms with van der Waals surface area (Å²) >= 11 is 7.96. The summed E-state index contributed by atoms with van der Waals surface area (Å²) in [6.07, 6.45) is 0.532. The number of ketones is 1. The number of Topliss-reactive ketones (excluding diaryl/α,β-unsaturated/α-hetero) is 1. The summed E-state index contributed by atoms with van der Waals surface area (Å²) in [6, 6.07) is 5.74. The molecule has 0 spiro atoms. The van der Waals surface area contributed by atoms with E-state index >= 15 is 0 Å². The quantitative estimate of drug-likeness (QED) is 0.473. The second-order valence-corrected chi connectivity index (χ2v) is 4.22. The average Bonchev–Trinajstić information content (AvgIpc) is 2.16. The normalized spacial score (nSPS) is 10.1. The summed E-state index contributed by atoms with van der Waals surface area (Å²) < 4.78 is 1.11. The van der Waals surface area contributed by atoms with Crippen molar-refractivity contribution in [2.24, 2.45) is 0 Å². The van der Waals surface area contributed by atoms with Crippen molar-refractivity contribution in [1.29, 1.82) is 0 Å². The van der Waals surface area contributed by atoms with E-state index in [1.54, 1.807) is 0 Å². The number of hydrogen-bond acceptors (Lipinski definition) is 1. The molecule has 70 valence electrons. The van der Waals surface area contributed by atoms with E-state index in [0.29, 0.717) is 12.3 Å². The molecular formula is C10H10ClIO. The number of carbonyl (C=O) groups is 1. The zero-order valence-electron chi connectivity index (χ0n) is 7.31. The van der Waals surface area contributed by atoms with Gasteiger partial charge in [0.1, 0.15) is 0 Å². The largest absolute Gasteiger partial charge is 0.294 e. The van der Waals surface area contributed by atoms with Crippen LogP contribution >= 0.6 is 34.2 Å². The van der Waals surface area contributed by atoms with Crippen LogP contribution < -0.4 is 0 Å². The zero-order chi connectivity index (χ0) is 9.84. The lowest BCUT2D eigenvalue weighted by molar-refractivity contribution is 0.0987. The van der Waals surface area contributed by atoms with Gasteiger partial charge in [0.15, 0.2) is 5.78 Å². The third-order valence-corrected chi connectivity index (χ3v) is 2.79. The summed E-state index contributed by atoms with van der Waals surface area (Å²) in [6.45, 7) is 1.86. The van der Waals surface area contributed by atoms with Gasteiger partial charge in [0, 0.05) is 21.4 Å². The van der Waals surface area contributed by atoms with Crippen molar-refractivity contribution in [3.05, 3.63) is 32.9 Å². The van der Waals surface area contributed by atoms with Gasteiger partial charge < -0.3 is 0 Å². The van der Waals surface area contributed by atoms with E-state index in [9.17, 15) is 4.79 Å². The van der Waals surface area contributed by atoms with Gasteiger partial charge >= 0.3 is 0 Å². The maximum atomic E-state index is 11.4. The first kappa shape index (κ1) is 11.0. The minimum atomic E-state index is 0.159. The molecule has 1 aromatic rings. The Kier molecular flexibility index (Phi) is 4.19. The molecule has 0 aliphatic heterocycles. The highest BCUT2D eigenvalue weighted by Crippen LogP contribution is 2.17. The Bertz CT molecular complexity index is 323. The van der Waals surface area contributed by atoms with Crippen molar-refractivity contribution < 1.29 is 4.79 Å². The van der Waals surface area contributed by atoms with Crippen molar-refractivity contribution in [3.63, 3.8) is 0 Å². The molecule has 0 N–H and O–H groups in total. The second-order valence-electron chi connectivity index (χ2n) is 2.71. The van der Waals surface area contributed by atoms with Gasteiger partial charge in [-0.2, -0.15) is 0 Å². The number of rotatable bonds is 3. The Morgan fingerprint density at radius 2 is 2.23 bits per heavy atom. The number of benzene rings is 1. The highest BCUT2D eigenvalue weighted by Gasteiger charge is 2.08. The SMILES string of the molecule is CCC(=O)c1ccc(I)cc1CCl. The topological polar surface area (TPSA) is 17.1 Å². The third kappa shape index (κ3) is 2.68. The van der Waals surface area contributed by atoms with Crippen LogP contribution in [-0.2, 0) is 5.88 Å². The van der Waals surface area contributed by atoms with E-state index in [-0.39, 0.29) is 5.78 Å². The van der Waals surface area contributed by atoms with Crippen LogP contribution in [-0.4, -0.2) is 5.78 Å². The molecule has 0 aliphatic carbocycles. The van der Waals surface area contributed by atoms with Gasteiger partial charge in [-0.15, -0.1) is 11.6 Å². The molecule has 0 saturated carbocycles. The molecule has 1 nitrogen and oxygen atoms in total.